The van der Waals surface area contributed by atoms with Crippen molar-refractivity contribution in [2.24, 2.45) is 0 Å². The maximum absolute atomic E-state index is 13.2. The number of benzene rings is 2. The Labute approximate surface area is 221 Å². The molecule has 0 radical (unpaired) electrons. The smallest absolute Gasteiger partial charge is 0.341 e. The van der Waals surface area contributed by atoms with Gasteiger partial charge in [0, 0.05) is 0 Å². The number of carbonyl (C=O) groups excluding carboxylic acids is 3. The van der Waals surface area contributed by atoms with E-state index in [4.69, 9.17) is 24.1 Å². The third-order valence-corrected chi connectivity index (χ3v) is 5.71. The van der Waals surface area contributed by atoms with E-state index < -0.39 is 30.4 Å². The highest BCUT2D eigenvalue weighted by Crippen LogP contribution is 2.37. The molecule has 1 heterocycles. The molecule has 0 unspecified atom stereocenters. The van der Waals surface area contributed by atoms with Crippen LogP contribution < -0.4 is 24.3 Å². The molecule has 196 valence electrons. The number of carboxylic acid groups (broad SMARTS) is 1. The summed E-state index contributed by atoms with van der Waals surface area (Å²) in [4.78, 5) is 50.0. The zero-order chi connectivity index (χ0) is 27.1. The summed E-state index contributed by atoms with van der Waals surface area (Å²) in [6.07, 6.45) is 2.12. The van der Waals surface area contributed by atoms with Gasteiger partial charge in [0.05, 0.1) is 31.8 Å². The minimum atomic E-state index is -1.17. The molecule has 0 bridgehead atoms. The first-order chi connectivity index (χ1) is 17.7. The number of amides is 4. The van der Waals surface area contributed by atoms with E-state index in [1.54, 1.807) is 18.2 Å². The number of methoxy groups -OCH3 is 2. The van der Waals surface area contributed by atoms with Gasteiger partial charge in [-0.05, 0) is 63.8 Å². The van der Waals surface area contributed by atoms with Crippen LogP contribution >= 0.6 is 15.9 Å². The molecule has 37 heavy (non-hydrogen) atoms. The Bertz CT molecular complexity index is 1260. The van der Waals surface area contributed by atoms with Crippen LogP contribution in [0.2, 0.25) is 0 Å². The van der Waals surface area contributed by atoms with E-state index in [1.165, 1.54) is 32.4 Å². The van der Waals surface area contributed by atoms with Crippen molar-refractivity contribution >= 4 is 45.8 Å². The fraction of sp³-hybridized carbons (Fsp3) is 0.280. The molecule has 11 nitrogen and oxygen atoms in total. The third-order valence-electron chi connectivity index (χ3n) is 5.12. The van der Waals surface area contributed by atoms with E-state index in [0.29, 0.717) is 33.7 Å². The maximum Gasteiger partial charge on any atom is 0.341 e. The van der Waals surface area contributed by atoms with E-state index in [0.717, 1.165) is 11.3 Å². The molecule has 0 aromatic heterocycles. The highest BCUT2D eigenvalue weighted by atomic mass is 79.9. The Kier molecular flexibility index (Phi) is 9.12. The SMILES string of the molecule is CCCOc1ccc(CN2C(=O)NC(=O)/C(=C\c3cc(Br)c(OCC(=O)O)c(OC)c3)C2=O)cc1OC. The molecule has 2 N–H and O–H groups in total. The van der Waals surface area contributed by atoms with Crippen molar-refractivity contribution in [1.82, 2.24) is 10.2 Å². The van der Waals surface area contributed by atoms with Crippen LogP contribution in [0.5, 0.6) is 23.0 Å². The van der Waals surface area contributed by atoms with Crippen LogP contribution in [-0.4, -0.2) is 61.3 Å². The summed E-state index contributed by atoms with van der Waals surface area (Å²) in [5, 5.41) is 11.0. The number of hydrogen-bond acceptors (Lipinski definition) is 8. The molecule has 3 rings (SSSR count). The number of aliphatic carboxylic acids is 1. The summed E-state index contributed by atoms with van der Waals surface area (Å²) in [5.74, 6) is -1.51. The Morgan fingerprint density at radius 2 is 1.78 bits per heavy atom. The van der Waals surface area contributed by atoms with E-state index in [9.17, 15) is 19.2 Å². The molecular weight excluding hydrogens is 552 g/mol. The summed E-state index contributed by atoms with van der Waals surface area (Å²) < 4.78 is 21.8. The number of imide groups is 2. The first-order valence-corrected chi connectivity index (χ1v) is 11.9. The standard InChI is InChI=1S/C25H25BrN2O9/c1-4-7-36-18-6-5-14(10-19(18)34-2)12-28-24(32)16(23(31)27-25(28)33)8-15-9-17(26)22(20(11-15)35-3)37-13-21(29)30/h5-6,8-11H,4,7,12-13H2,1-3H3,(H,29,30)(H,27,31,33)/b16-8+. The Morgan fingerprint density at radius 3 is 2.43 bits per heavy atom. The van der Waals surface area contributed by atoms with E-state index in [-0.39, 0.29) is 23.6 Å². The molecule has 0 spiro atoms. The van der Waals surface area contributed by atoms with E-state index in [1.807, 2.05) is 6.92 Å². The first-order valence-electron chi connectivity index (χ1n) is 11.1. The normalized spacial score (nSPS) is 14.4. The zero-order valence-corrected chi connectivity index (χ0v) is 21.9. The highest BCUT2D eigenvalue weighted by Gasteiger charge is 2.36. The fourth-order valence-corrected chi connectivity index (χ4v) is 4.00. The van der Waals surface area contributed by atoms with Crippen molar-refractivity contribution in [2.75, 3.05) is 27.4 Å². The second-order valence-corrected chi connectivity index (χ2v) is 8.61. The Morgan fingerprint density at radius 1 is 1.05 bits per heavy atom. The minimum Gasteiger partial charge on any atom is -0.493 e. The molecule has 1 aliphatic heterocycles. The van der Waals surface area contributed by atoms with Gasteiger partial charge in [-0.25, -0.2) is 9.59 Å². The number of urea groups is 1. The van der Waals surface area contributed by atoms with Crippen molar-refractivity contribution in [3.63, 3.8) is 0 Å². The predicted molar refractivity (Wildman–Crippen MR) is 135 cm³/mol. The molecule has 0 atom stereocenters. The summed E-state index contributed by atoms with van der Waals surface area (Å²) in [6.45, 7) is 1.77. The highest BCUT2D eigenvalue weighted by molar-refractivity contribution is 9.10. The number of barbiturate groups is 1. The third kappa shape index (κ3) is 6.58. The second-order valence-electron chi connectivity index (χ2n) is 7.76. The van der Waals surface area contributed by atoms with Gasteiger partial charge in [-0.1, -0.05) is 13.0 Å². The molecule has 1 aliphatic rings. The van der Waals surface area contributed by atoms with Crippen LogP contribution in [0.3, 0.4) is 0 Å². The van der Waals surface area contributed by atoms with Crippen molar-refractivity contribution in [1.29, 1.82) is 0 Å². The van der Waals surface area contributed by atoms with Gasteiger partial charge in [-0.2, -0.15) is 0 Å². The van der Waals surface area contributed by atoms with Gasteiger partial charge in [-0.15, -0.1) is 0 Å². The number of carboxylic acids is 1. The van der Waals surface area contributed by atoms with Gasteiger partial charge in [0.25, 0.3) is 11.8 Å². The fourth-order valence-electron chi connectivity index (χ4n) is 3.43. The average Bonchev–Trinajstić information content (AvgIpc) is 2.86. The lowest BCUT2D eigenvalue weighted by molar-refractivity contribution is -0.139. The van der Waals surface area contributed by atoms with E-state index in [2.05, 4.69) is 21.2 Å². The Hall–Kier alpha value is -4.06. The largest absolute Gasteiger partial charge is 0.493 e. The maximum atomic E-state index is 13.2. The van der Waals surface area contributed by atoms with Gasteiger partial charge in [0.1, 0.15) is 5.57 Å². The van der Waals surface area contributed by atoms with Crippen molar-refractivity contribution in [3.8, 4) is 23.0 Å². The summed E-state index contributed by atoms with van der Waals surface area (Å²) >= 11 is 3.29. The van der Waals surface area contributed by atoms with Crippen LogP contribution in [0, 0.1) is 0 Å². The van der Waals surface area contributed by atoms with Crippen LogP contribution in [0.25, 0.3) is 6.08 Å². The quantitative estimate of drug-likeness (QED) is 0.304. The monoisotopic (exact) mass is 576 g/mol. The molecule has 1 saturated heterocycles. The van der Waals surface area contributed by atoms with Crippen molar-refractivity contribution in [3.05, 3.63) is 51.5 Å². The first kappa shape index (κ1) is 27.5. The number of halogens is 1. The van der Waals surface area contributed by atoms with Gasteiger partial charge in [-0.3, -0.25) is 19.8 Å². The molecular formula is C25H25BrN2O9. The number of nitrogens with zero attached hydrogens (tertiary/aromatic N) is 1. The summed E-state index contributed by atoms with van der Waals surface area (Å²) in [6, 6.07) is 7.18. The van der Waals surface area contributed by atoms with E-state index >= 15 is 0 Å². The molecule has 2 aromatic carbocycles. The zero-order valence-electron chi connectivity index (χ0n) is 20.3. The molecule has 0 saturated carbocycles. The molecule has 4 amide bonds. The number of rotatable bonds is 11. The van der Waals surface area contributed by atoms with Crippen LogP contribution in [0.15, 0.2) is 40.4 Å². The predicted octanol–water partition coefficient (Wildman–Crippen LogP) is 3.38. The second kappa shape index (κ2) is 12.3. The average molecular weight is 577 g/mol. The summed E-state index contributed by atoms with van der Waals surface area (Å²) in [7, 11) is 2.85. The van der Waals surface area contributed by atoms with Crippen molar-refractivity contribution < 1.29 is 43.2 Å². The molecule has 12 heteroatoms. The molecule has 1 fully saturated rings. The number of hydrogen-bond donors (Lipinski definition) is 2. The molecule has 2 aromatic rings. The van der Waals surface area contributed by atoms with Gasteiger partial charge < -0.3 is 24.1 Å². The lowest BCUT2D eigenvalue weighted by Gasteiger charge is -2.26. The Balaban J connectivity index is 1.89. The number of nitrogens with one attached hydrogen (secondary N) is 1. The van der Waals surface area contributed by atoms with Crippen LogP contribution in [0.4, 0.5) is 4.79 Å². The van der Waals surface area contributed by atoms with Crippen molar-refractivity contribution in [2.45, 2.75) is 19.9 Å². The minimum absolute atomic E-state index is 0.116. The number of carbonyl (C=O) groups is 4. The van der Waals surface area contributed by atoms with Crippen LogP contribution in [0.1, 0.15) is 24.5 Å². The van der Waals surface area contributed by atoms with Gasteiger partial charge >= 0.3 is 12.0 Å². The van der Waals surface area contributed by atoms with Gasteiger partial charge in [0.2, 0.25) is 0 Å². The topological polar surface area (TPSA) is 141 Å². The van der Waals surface area contributed by atoms with Crippen LogP contribution in [-0.2, 0) is 20.9 Å². The van der Waals surface area contributed by atoms with Gasteiger partial charge in [0.15, 0.2) is 29.6 Å². The molecule has 0 aliphatic carbocycles. The summed E-state index contributed by atoms with van der Waals surface area (Å²) in [5.41, 5.74) is 0.683. The lowest BCUT2D eigenvalue weighted by Crippen LogP contribution is -2.53. The lowest BCUT2D eigenvalue weighted by atomic mass is 10.1. The number of ether oxygens (including phenoxy) is 4.